The minimum Gasteiger partial charge on any atom is -0.360 e. The Balaban J connectivity index is 1.71. The number of rotatable bonds is 4. The lowest BCUT2D eigenvalue weighted by molar-refractivity contribution is -0.380. The molecule has 0 saturated carbocycles. The lowest BCUT2D eigenvalue weighted by Gasteiger charge is -1.97. The van der Waals surface area contributed by atoms with Crippen molar-refractivity contribution in [3.05, 3.63) is 63.1 Å². The Morgan fingerprint density at radius 3 is 2.91 bits per heavy atom. The highest BCUT2D eigenvalue weighted by Gasteiger charge is 2.11. The summed E-state index contributed by atoms with van der Waals surface area (Å²) in [6.07, 6.45) is 3.00. The van der Waals surface area contributed by atoms with Crippen LogP contribution in [0.2, 0.25) is 0 Å². The zero-order chi connectivity index (χ0) is 15.5. The fourth-order valence-electron chi connectivity index (χ4n) is 1.98. The maximum atomic E-state index is 12.1. The Hall–Kier alpha value is -3.00. The number of thiophene rings is 1. The lowest BCUT2D eigenvalue weighted by Crippen LogP contribution is -2.17. The zero-order valence-corrected chi connectivity index (χ0v) is 12.0. The third-order valence-corrected chi connectivity index (χ3v) is 3.96. The largest absolute Gasteiger partial charge is 0.360 e. The topological polar surface area (TPSA) is 100 Å². The van der Waals surface area contributed by atoms with Crippen LogP contribution in [0.5, 0.6) is 0 Å². The number of hydrogen-bond acceptors (Lipinski definition) is 5. The highest BCUT2D eigenvalue weighted by molar-refractivity contribution is 7.16. The Labute approximate surface area is 128 Å². The quantitative estimate of drug-likeness (QED) is 0.440. The van der Waals surface area contributed by atoms with Crippen LogP contribution in [0.15, 0.2) is 47.7 Å². The molecule has 0 spiro atoms. The molecule has 1 aromatic carbocycles. The number of nitrogens with zero attached hydrogens (tertiary/aromatic N) is 2. The number of hydrogen-bond donors (Lipinski definition) is 2. The van der Waals surface area contributed by atoms with Gasteiger partial charge >= 0.3 is 5.00 Å². The zero-order valence-electron chi connectivity index (χ0n) is 11.1. The summed E-state index contributed by atoms with van der Waals surface area (Å²) in [6, 6.07) is 10.4. The molecule has 0 unspecified atom stereocenters. The van der Waals surface area contributed by atoms with Crippen molar-refractivity contribution in [2.45, 2.75) is 0 Å². The molecule has 0 aliphatic carbocycles. The van der Waals surface area contributed by atoms with Gasteiger partial charge in [-0.15, -0.1) is 0 Å². The van der Waals surface area contributed by atoms with Crippen LogP contribution in [0.25, 0.3) is 10.9 Å². The number of fused-ring (bicyclic) bond motifs is 1. The van der Waals surface area contributed by atoms with Crippen LogP contribution in [0.4, 0.5) is 5.00 Å². The maximum absolute atomic E-state index is 12.1. The summed E-state index contributed by atoms with van der Waals surface area (Å²) in [6.45, 7) is 0. The van der Waals surface area contributed by atoms with E-state index in [2.05, 4.69) is 15.5 Å². The number of carbonyl (C=O) groups is 1. The van der Waals surface area contributed by atoms with Crippen LogP contribution in [0, 0.1) is 10.1 Å². The Morgan fingerprint density at radius 2 is 2.14 bits per heavy atom. The van der Waals surface area contributed by atoms with Crippen molar-refractivity contribution in [3.8, 4) is 0 Å². The monoisotopic (exact) mass is 314 g/mol. The molecule has 0 radical (unpaired) electrons. The van der Waals surface area contributed by atoms with Gasteiger partial charge in [0.05, 0.1) is 21.6 Å². The highest BCUT2D eigenvalue weighted by Crippen LogP contribution is 2.22. The van der Waals surface area contributed by atoms with E-state index in [1.54, 1.807) is 12.3 Å². The number of benzene rings is 1. The van der Waals surface area contributed by atoms with Gasteiger partial charge in [-0.2, -0.15) is 5.10 Å². The molecule has 0 bridgehead atoms. The van der Waals surface area contributed by atoms with Gasteiger partial charge in [-0.05, 0) is 12.1 Å². The second-order valence-electron chi connectivity index (χ2n) is 4.38. The van der Waals surface area contributed by atoms with Crippen LogP contribution in [0.1, 0.15) is 15.2 Å². The van der Waals surface area contributed by atoms with E-state index in [1.165, 1.54) is 12.3 Å². The fraction of sp³-hybridized carbons (Fsp3) is 0. The molecule has 0 fully saturated rings. The average molecular weight is 314 g/mol. The molecule has 3 aromatic rings. The Kier molecular flexibility index (Phi) is 3.67. The summed E-state index contributed by atoms with van der Waals surface area (Å²) in [4.78, 5) is 25.8. The van der Waals surface area contributed by atoms with E-state index >= 15 is 0 Å². The third-order valence-electron chi connectivity index (χ3n) is 2.98. The van der Waals surface area contributed by atoms with Crippen molar-refractivity contribution >= 4 is 39.4 Å². The molecular weight excluding hydrogens is 304 g/mol. The summed E-state index contributed by atoms with van der Waals surface area (Å²) in [5, 5.41) is 15.2. The molecule has 8 heteroatoms. The van der Waals surface area contributed by atoms with E-state index < -0.39 is 4.92 Å². The number of carbonyl (C=O) groups excluding carboxylic acids is 1. The molecule has 0 aliphatic heterocycles. The van der Waals surface area contributed by atoms with Crippen LogP contribution >= 0.6 is 11.3 Å². The maximum Gasteiger partial charge on any atom is 0.324 e. The van der Waals surface area contributed by atoms with Crippen LogP contribution in [-0.4, -0.2) is 22.0 Å². The normalized spacial score (nSPS) is 11.1. The SMILES string of the molecule is O=C(NN=Cc1ccc([N+](=O)[O-])s1)c1c[nH]c2ccccc12. The smallest absolute Gasteiger partial charge is 0.324 e. The first-order valence-corrected chi connectivity index (χ1v) is 7.10. The van der Waals surface area contributed by atoms with E-state index in [-0.39, 0.29) is 10.9 Å². The molecule has 2 N–H and O–H groups in total. The predicted molar refractivity (Wildman–Crippen MR) is 84.3 cm³/mol. The summed E-state index contributed by atoms with van der Waals surface area (Å²) < 4.78 is 0. The van der Waals surface area contributed by atoms with Gasteiger partial charge in [0.1, 0.15) is 0 Å². The van der Waals surface area contributed by atoms with Crippen molar-refractivity contribution in [2.24, 2.45) is 5.10 Å². The summed E-state index contributed by atoms with van der Waals surface area (Å²) >= 11 is 0.987. The third kappa shape index (κ3) is 2.72. The van der Waals surface area contributed by atoms with Crippen molar-refractivity contribution in [1.29, 1.82) is 0 Å². The predicted octanol–water partition coefficient (Wildman–Crippen LogP) is 2.90. The van der Waals surface area contributed by atoms with Gasteiger partial charge in [0.2, 0.25) is 0 Å². The number of aromatic amines is 1. The van der Waals surface area contributed by atoms with Gasteiger partial charge in [-0.1, -0.05) is 29.5 Å². The highest BCUT2D eigenvalue weighted by atomic mass is 32.1. The Morgan fingerprint density at radius 1 is 1.32 bits per heavy atom. The molecule has 2 aromatic heterocycles. The van der Waals surface area contributed by atoms with Crippen LogP contribution in [0.3, 0.4) is 0 Å². The van der Waals surface area contributed by atoms with Crippen molar-refractivity contribution in [2.75, 3.05) is 0 Å². The Bertz CT molecular complexity index is 881. The number of amides is 1. The van der Waals surface area contributed by atoms with Crippen molar-refractivity contribution < 1.29 is 9.72 Å². The fourth-order valence-corrected chi connectivity index (χ4v) is 2.68. The second-order valence-corrected chi connectivity index (χ2v) is 5.47. The molecule has 110 valence electrons. The van der Waals surface area contributed by atoms with Crippen molar-refractivity contribution in [3.63, 3.8) is 0 Å². The summed E-state index contributed by atoms with van der Waals surface area (Å²) in [5.41, 5.74) is 3.77. The molecule has 7 nitrogen and oxygen atoms in total. The van der Waals surface area contributed by atoms with Crippen LogP contribution in [-0.2, 0) is 0 Å². The van der Waals surface area contributed by atoms with Gasteiger partial charge in [0.25, 0.3) is 5.91 Å². The van der Waals surface area contributed by atoms with Gasteiger partial charge in [-0.25, -0.2) is 5.43 Å². The number of nitrogens with one attached hydrogen (secondary N) is 2. The second kappa shape index (κ2) is 5.78. The molecule has 0 atom stereocenters. The van der Waals surface area contributed by atoms with Gasteiger partial charge in [-0.3, -0.25) is 14.9 Å². The summed E-state index contributed by atoms with van der Waals surface area (Å²) in [5.74, 6) is -0.347. The summed E-state index contributed by atoms with van der Waals surface area (Å²) in [7, 11) is 0. The number of aromatic nitrogens is 1. The van der Waals surface area contributed by atoms with Gasteiger partial charge < -0.3 is 4.98 Å². The molecule has 3 rings (SSSR count). The average Bonchev–Trinajstić information content (AvgIpc) is 3.13. The molecule has 0 aliphatic rings. The van der Waals surface area contributed by atoms with Gasteiger partial charge in [0, 0.05) is 23.2 Å². The first kappa shape index (κ1) is 14.0. The van der Waals surface area contributed by atoms with E-state index in [0.29, 0.717) is 10.4 Å². The molecule has 22 heavy (non-hydrogen) atoms. The molecule has 0 saturated heterocycles. The minimum atomic E-state index is -0.466. The van der Waals surface area contributed by atoms with E-state index in [1.807, 2.05) is 24.3 Å². The van der Waals surface area contributed by atoms with E-state index in [9.17, 15) is 14.9 Å². The van der Waals surface area contributed by atoms with Crippen molar-refractivity contribution in [1.82, 2.24) is 10.4 Å². The van der Waals surface area contributed by atoms with E-state index in [4.69, 9.17) is 0 Å². The number of hydrazone groups is 1. The number of H-pyrrole nitrogens is 1. The standard InChI is InChI=1S/C14H10N4O3S/c19-14(11-8-15-12-4-2-1-3-10(11)12)17-16-7-9-5-6-13(22-9)18(20)21/h1-8,15H,(H,17,19). The molecule has 2 heterocycles. The number of nitro groups is 1. The molecular formula is C14H10N4O3S. The first-order chi connectivity index (χ1) is 10.6. The van der Waals surface area contributed by atoms with Gasteiger partial charge in [0.15, 0.2) is 0 Å². The minimum absolute atomic E-state index is 0.0319. The number of para-hydroxylation sites is 1. The first-order valence-electron chi connectivity index (χ1n) is 6.29. The van der Waals surface area contributed by atoms with E-state index in [0.717, 1.165) is 22.2 Å². The molecule has 1 amide bonds. The van der Waals surface area contributed by atoms with Crippen LogP contribution < -0.4 is 5.43 Å². The lowest BCUT2D eigenvalue weighted by atomic mass is 10.2.